The van der Waals surface area contributed by atoms with Gasteiger partial charge >= 0.3 is 0 Å². The molecule has 2 aliphatic heterocycles. The highest BCUT2D eigenvalue weighted by atomic mass is 19.1. The predicted molar refractivity (Wildman–Crippen MR) is 113 cm³/mol. The molecule has 3 heterocycles. The van der Waals surface area contributed by atoms with Gasteiger partial charge in [0, 0.05) is 32.3 Å². The average Bonchev–Trinajstić information content (AvgIpc) is 3.47. The largest absolute Gasteiger partial charge is 0.454 e. The Kier molecular flexibility index (Phi) is 5.51. The minimum Gasteiger partial charge on any atom is -0.454 e. The zero-order valence-corrected chi connectivity index (χ0v) is 17.2. The van der Waals surface area contributed by atoms with Crippen LogP contribution < -0.4 is 9.47 Å². The third-order valence-corrected chi connectivity index (χ3v) is 5.45. The van der Waals surface area contributed by atoms with Crippen LogP contribution in [0.2, 0.25) is 0 Å². The maximum absolute atomic E-state index is 13.6. The van der Waals surface area contributed by atoms with E-state index >= 15 is 0 Å². The first kappa shape index (κ1) is 20.1. The number of carbonyl (C=O) groups excluding carboxylic acids is 1. The Bertz CT molecular complexity index is 1160. The highest BCUT2D eigenvalue weighted by Crippen LogP contribution is 2.32. The Morgan fingerprint density at radius 2 is 1.91 bits per heavy atom. The quantitative estimate of drug-likeness (QED) is 0.565. The minimum atomic E-state index is -0.343. The molecule has 1 amide bonds. The summed E-state index contributed by atoms with van der Waals surface area (Å²) >= 11 is 0. The van der Waals surface area contributed by atoms with E-state index in [0.717, 1.165) is 5.56 Å². The van der Waals surface area contributed by atoms with Gasteiger partial charge in [-0.2, -0.15) is 4.68 Å². The van der Waals surface area contributed by atoms with Crippen LogP contribution in [0.4, 0.5) is 4.39 Å². The maximum atomic E-state index is 13.6. The number of amides is 1. The minimum absolute atomic E-state index is 0.0353. The standard InChI is InChI=1S/C22H21FN6O3/c23-17-2-1-3-18(13-17)29-21(24-25-26-29)14-27-8-10-28(11-9-27)22(30)7-5-16-4-6-19-20(12-16)32-15-31-19/h1-7,12-13H,8-11,14-15H2/b7-5+. The van der Waals surface area contributed by atoms with Crippen molar-refractivity contribution in [2.24, 2.45) is 0 Å². The van der Waals surface area contributed by atoms with Crippen LogP contribution in [-0.2, 0) is 11.3 Å². The number of nitrogens with zero attached hydrogens (tertiary/aromatic N) is 6. The molecule has 32 heavy (non-hydrogen) atoms. The number of aromatic nitrogens is 4. The number of hydrogen-bond acceptors (Lipinski definition) is 7. The number of rotatable bonds is 5. The number of piperazine rings is 1. The number of halogens is 1. The Morgan fingerprint density at radius 1 is 1.06 bits per heavy atom. The van der Waals surface area contributed by atoms with Crippen molar-refractivity contribution < 1.29 is 18.7 Å². The predicted octanol–water partition coefficient (Wildman–Crippen LogP) is 1.89. The zero-order valence-electron chi connectivity index (χ0n) is 17.2. The molecule has 0 spiro atoms. The molecule has 164 valence electrons. The van der Waals surface area contributed by atoms with Crippen LogP contribution >= 0.6 is 0 Å². The van der Waals surface area contributed by atoms with Crippen molar-refractivity contribution in [2.45, 2.75) is 6.54 Å². The van der Waals surface area contributed by atoms with Crippen LogP contribution in [-0.4, -0.2) is 68.9 Å². The summed E-state index contributed by atoms with van der Waals surface area (Å²) in [5, 5.41) is 11.8. The number of benzene rings is 2. The number of fused-ring (bicyclic) bond motifs is 1. The van der Waals surface area contributed by atoms with Gasteiger partial charge < -0.3 is 14.4 Å². The molecular formula is C22H21FN6O3. The van der Waals surface area contributed by atoms with Crippen molar-refractivity contribution in [2.75, 3.05) is 33.0 Å². The maximum Gasteiger partial charge on any atom is 0.246 e. The van der Waals surface area contributed by atoms with Crippen LogP contribution in [0.3, 0.4) is 0 Å². The van der Waals surface area contributed by atoms with Crippen molar-refractivity contribution in [3.63, 3.8) is 0 Å². The van der Waals surface area contributed by atoms with E-state index in [2.05, 4.69) is 20.4 Å². The summed E-state index contributed by atoms with van der Waals surface area (Å²) in [5.41, 5.74) is 1.46. The topological polar surface area (TPSA) is 85.6 Å². The molecule has 0 bridgehead atoms. The van der Waals surface area contributed by atoms with Crippen LogP contribution in [0, 0.1) is 5.82 Å². The molecule has 2 aromatic carbocycles. The van der Waals surface area contributed by atoms with E-state index < -0.39 is 0 Å². The molecule has 0 saturated carbocycles. The van der Waals surface area contributed by atoms with Crippen LogP contribution in [0.15, 0.2) is 48.5 Å². The first-order chi connectivity index (χ1) is 15.7. The fourth-order valence-electron chi connectivity index (χ4n) is 3.73. The summed E-state index contributed by atoms with van der Waals surface area (Å²) in [6.07, 6.45) is 3.36. The fraction of sp³-hybridized carbons (Fsp3) is 0.273. The van der Waals surface area contributed by atoms with E-state index in [9.17, 15) is 9.18 Å². The van der Waals surface area contributed by atoms with E-state index in [1.807, 2.05) is 23.1 Å². The van der Waals surface area contributed by atoms with E-state index in [1.165, 1.54) is 16.8 Å². The fourth-order valence-corrected chi connectivity index (χ4v) is 3.73. The molecule has 5 rings (SSSR count). The van der Waals surface area contributed by atoms with E-state index in [1.54, 1.807) is 24.3 Å². The number of hydrogen-bond donors (Lipinski definition) is 0. The Balaban J connectivity index is 1.16. The summed E-state index contributed by atoms with van der Waals surface area (Å²) in [4.78, 5) is 16.6. The SMILES string of the molecule is O=C(/C=C/c1ccc2c(c1)OCO2)N1CCN(Cc2nnnn2-c2cccc(F)c2)CC1. The smallest absolute Gasteiger partial charge is 0.246 e. The van der Waals surface area contributed by atoms with E-state index in [4.69, 9.17) is 9.47 Å². The van der Waals surface area contributed by atoms with Gasteiger partial charge in [0.15, 0.2) is 17.3 Å². The zero-order chi connectivity index (χ0) is 21.9. The van der Waals surface area contributed by atoms with Crippen molar-refractivity contribution in [3.05, 3.63) is 65.7 Å². The Morgan fingerprint density at radius 3 is 2.75 bits per heavy atom. The third-order valence-electron chi connectivity index (χ3n) is 5.45. The third kappa shape index (κ3) is 4.30. The summed E-state index contributed by atoms with van der Waals surface area (Å²) in [6.45, 7) is 3.33. The van der Waals surface area contributed by atoms with Gasteiger partial charge in [0.25, 0.3) is 0 Å². The highest BCUT2D eigenvalue weighted by molar-refractivity contribution is 5.92. The number of tetrazole rings is 1. The second-order valence-electron chi connectivity index (χ2n) is 7.53. The first-order valence-electron chi connectivity index (χ1n) is 10.3. The Hall–Kier alpha value is -3.79. The van der Waals surface area contributed by atoms with Crippen LogP contribution in [0.5, 0.6) is 11.5 Å². The second-order valence-corrected chi connectivity index (χ2v) is 7.53. The number of carbonyl (C=O) groups is 1. The lowest BCUT2D eigenvalue weighted by Gasteiger charge is -2.33. The van der Waals surface area contributed by atoms with Gasteiger partial charge in [0.05, 0.1) is 12.2 Å². The molecule has 0 unspecified atom stereocenters. The summed E-state index contributed by atoms with van der Waals surface area (Å²) in [7, 11) is 0. The molecule has 0 aliphatic carbocycles. The van der Waals surface area contributed by atoms with E-state index in [0.29, 0.717) is 55.7 Å². The van der Waals surface area contributed by atoms with Gasteiger partial charge in [0.2, 0.25) is 12.7 Å². The van der Waals surface area contributed by atoms with Crippen molar-refractivity contribution >= 4 is 12.0 Å². The molecule has 1 saturated heterocycles. The molecule has 3 aromatic rings. The average molecular weight is 436 g/mol. The molecule has 9 nitrogen and oxygen atoms in total. The summed E-state index contributed by atoms with van der Waals surface area (Å²) in [5.74, 6) is 1.65. The lowest BCUT2D eigenvalue weighted by molar-refractivity contribution is -0.127. The first-order valence-corrected chi connectivity index (χ1v) is 10.3. The molecule has 1 aromatic heterocycles. The lowest BCUT2D eigenvalue weighted by atomic mass is 10.2. The molecule has 1 fully saturated rings. The normalized spacial score (nSPS) is 16.1. The van der Waals surface area contributed by atoms with Crippen LogP contribution in [0.25, 0.3) is 11.8 Å². The summed E-state index contributed by atoms with van der Waals surface area (Å²) < 4.78 is 25.8. The molecule has 0 N–H and O–H groups in total. The molecule has 2 aliphatic rings. The highest BCUT2D eigenvalue weighted by Gasteiger charge is 2.22. The second kappa shape index (κ2) is 8.75. The van der Waals surface area contributed by atoms with Crippen LogP contribution in [0.1, 0.15) is 11.4 Å². The molecule has 0 atom stereocenters. The van der Waals surface area contributed by atoms with Gasteiger partial charge in [-0.25, -0.2) is 4.39 Å². The lowest BCUT2D eigenvalue weighted by Crippen LogP contribution is -2.48. The van der Waals surface area contributed by atoms with Gasteiger partial charge in [-0.1, -0.05) is 12.1 Å². The van der Waals surface area contributed by atoms with Gasteiger partial charge in [-0.3, -0.25) is 9.69 Å². The van der Waals surface area contributed by atoms with Crippen molar-refractivity contribution in [1.29, 1.82) is 0 Å². The van der Waals surface area contributed by atoms with Crippen molar-refractivity contribution in [1.82, 2.24) is 30.0 Å². The van der Waals surface area contributed by atoms with Gasteiger partial charge in [-0.05, 0) is 52.4 Å². The molecule has 10 heteroatoms. The summed E-state index contributed by atoms with van der Waals surface area (Å²) in [6, 6.07) is 11.7. The Labute approximate surface area is 183 Å². The molecular weight excluding hydrogens is 415 g/mol. The van der Waals surface area contributed by atoms with Crippen molar-refractivity contribution in [3.8, 4) is 17.2 Å². The van der Waals surface area contributed by atoms with E-state index in [-0.39, 0.29) is 18.5 Å². The number of ether oxygens (including phenoxy) is 2. The van der Waals surface area contributed by atoms with Gasteiger partial charge in [0.1, 0.15) is 5.82 Å². The van der Waals surface area contributed by atoms with Gasteiger partial charge in [-0.15, -0.1) is 5.10 Å². The monoisotopic (exact) mass is 436 g/mol. The molecule has 0 radical (unpaired) electrons.